The maximum atomic E-state index is 11.6. The van der Waals surface area contributed by atoms with Crippen molar-refractivity contribution in [3.63, 3.8) is 0 Å². The molecular formula is C12H24N2O2. The Balaban J connectivity index is 2.26. The van der Waals surface area contributed by atoms with E-state index in [0.29, 0.717) is 12.5 Å². The average Bonchev–Trinajstić information content (AvgIpc) is 2.25. The van der Waals surface area contributed by atoms with Crippen molar-refractivity contribution in [2.45, 2.75) is 19.8 Å². The lowest BCUT2D eigenvalue weighted by molar-refractivity contribution is -0.135. The van der Waals surface area contributed by atoms with E-state index in [9.17, 15) is 4.79 Å². The van der Waals surface area contributed by atoms with Crippen molar-refractivity contribution < 1.29 is 9.53 Å². The van der Waals surface area contributed by atoms with E-state index in [0.717, 1.165) is 13.1 Å². The molecule has 1 aliphatic rings. The van der Waals surface area contributed by atoms with Crippen LogP contribution >= 0.6 is 0 Å². The van der Waals surface area contributed by atoms with Crippen LogP contribution < -0.4 is 0 Å². The maximum absolute atomic E-state index is 11.6. The van der Waals surface area contributed by atoms with Gasteiger partial charge in [0.25, 0.3) is 0 Å². The van der Waals surface area contributed by atoms with Crippen LogP contribution in [0.2, 0.25) is 0 Å². The lowest BCUT2D eigenvalue weighted by atomic mass is 9.98. The summed E-state index contributed by atoms with van der Waals surface area (Å²) in [5.74, 6) is 0.712. The van der Waals surface area contributed by atoms with E-state index in [1.807, 2.05) is 14.0 Å². The van der Waals surface area contributed by atoms with Gasteiger partial charge in [0.05, 0.1) is 0 Å². The Kier molecular flexibility index (Phi) is 5.77. The van der Waals surface area contributed by atoms with Gasteiger partial charge in [-0.15, -0.1) is 0 Å². The molecule has 1 aliphatic heterocycles. The van der Waals surface area contributed by atoms with Crippen LogP contribution in [0.3, 0.4) is 0 Å². The van der Waals surface area contributed by atoms with Gasteiger partial charge in [0, 0.05) is 26.7 Å². The minimum atomic E-state index is 0.0927. The fraction of sp³-hybridized carbons (Fsp3) is 0.917. The van der Waals surface area contributed by atoms with Gasteiger partial charge in [0.1, 0.15) is 6.61 Å². The molecule has 4 heteroatoms. The standard InChI is InChI=1S/C12H24N2O2/c1-4-16-10-12(15)14(3)9-11-6-5-7-13(2)8-11/h11H,4-10H2,1-3H3/t11-/m1/s1. The largest absolute Gasteiger partial charge is 0.372 e. The number of amides is 1. The molecule has 0 aromatic carbocycles. The molecule has 0 aromatic heterocycles. The maximum Gasteiger partial charge on any atom is 0.248 e. The Bertz CT molecular complexity index is 221. The van der Waals surface area contributed by atoms with Gasteiger partial charge < -0.3 is 14.5 Å². The van der Waals surface area contributed by atoms with Crippen molar-refractivity contribution in [2.24, 2.45) is 5.92 Å². The minimum Gasteiger partial charge on any atom is -0.372 e. The SMILES string of the molecule is CCOCC(=O)N(C)C[C@@H]1CCCN(C)C1. The van der Waals surface area contributed by atoms with Crippen molar-refractivity contribution in [3.05, 3.63) is 0 Å². The second-order valence-electron chi connectivity index (χ2n) is 4.68. The first-order chi connectivity index (χ1) is 7.63. The van der Waals surface area contributed by atoms with Gasteiger partial charge in [0.15, 0.2) is 0 Å². The Morgan fingerprint density at radius 1 is 1.56 bits per heavy atom. The highest BCUT2D eigenvalue weighted by atomic mass is 16.5. The molecule has 0 bridgehead atoms. The molecule has 1 fully saturated rings. The van der Waals surface area contributed by atoms with Gasteiger partial charge in [-0.2, -0.15) is 0 Å². The Hall–Kier alpha value is -0.610. The summed E-state index contributed by atoms with van der Waals surface area (Å²) in [6, 6.07) is 0. The molecule has 0 radical (unpaired) electrons. The van der Waals surface area contributed by atoms with Crippen molar-refractivity contribution >= 4 is 5.91 Å². The summed E-state index contributed by atoms with van der Waals surface area (Å²) < 4.78 is 5.13. The van der Waals surface area contributed by atoms with E-state index >= 15 is 0 Å². The fourth-order valence-electron chi connectivity index (χ4n) is 2.21. The minimum absolute atomic E-state index is 0.0927. The predicted molar refractivity (Wildman–Crippen MR) is 64.4 cm³/mol. The molecule has 0 aromatic rings. The Morgan fingerprint density at radius 2 is 2.31 bits per heavy atom. The van der Waals surface area contributed by atoms with Gasteiger partial charge in [-0.1, -0.05) is 0 Å². The first-order valence-corrected chi connectivity index (χ1v) is 6.13. The summed E-state index contributed by atoms with van der Waals surface area (Å²) in [4.78, 5) is 15.8. The second kappa shape index (κ2) is 6.86. The number of hydrogen-bond acceptors (Lipinski definition) is 3. The van der Waals surface area contributed by atoms with Crippen LogP contribution in [0, 0.1) is 5.92 Å². The molecule has 16 heavy (non-hydrogen) atoms. The molecule has 0 spiro atoms. The van der Waals surface area contributed by atoms with Crippen molar-refractivity contribution in [2.75, 3.05) is 46.9 Å². The highest BCUT2D eigenvalue weighted by molar-refractivity contribution is 5.77. The Labute approximate surface area is 98.5 Å². The quantitative estimate of drug-likeness (QED) is 0.698. The van der Waals surface area contributed by atoms with Crippen LogP contribution in [0.4, 0.5) is 0 Å². The summed E-state index contributed by atoms with van der Waals surface area (Å²) in [5, 5.41) is 0. The fourth-order valence-corrected chi connectivity index (χ4v) is 2.21. The number of likely N-dealkylation sites (N-methyl/N-ethyl adjacent to an activating group) is 1. The summed E-state index contributed by atoms with van der Waals surface area (Å²) in [6.45, 7) is 5.88. The molecule has 0 aliphatic carbocycles. The third-order valence-electron chi connectivity index (χ3n) is 3.11. The van der Waals surface area contributed by atoms with Crippen LogP contribution in [0.15, 0.2) is 0 Å². The van der Waals surface area contributed by atoms with Gasteiger partial charge in [-0.05, 0) is 39.3 Å². The predicted octanol–water partition coefficient (Wildman–Crippen LogP) is 0.823. The van der Waals surface area contributed by atoms with Crippen molar-refractivity contribution in [3.8, 4) is 0 Å². The summed E-state index contributed by atoms with van der Waals surface area (Å²) in [6.07, 6.45) is 2.48. The first-order valence-electron chi connectivity index (χ1n) is 6.13. The molecule has 0 N–H and O–H groups in total. The van der Waals surface area contributed by atoms with Crippen LogP contribution in [0.25, 0.3) is 0 Å². The summed E-state index contributed by atoms with van der Waals surface area (Å²) >= 11 is 0. The molecule has 94 valence electrons. The summed E-state index contributed by atoms with van der Waals surface area (Å²) in [7, 11) is 4.02. The number of piperidine rings is 1. The molecule has 1 saturated heterocycles. The molecule has 1 atom stereocenters. The monoisotopic (exact) mass is 228 g/mol. The van der Waals surface area contributed by atoms with Gasteiger partial charge in [-0.3, -0.25) is 4.79 Å². The number of likely N-dealkylation sites (tertiary alicyclic amines) is 1. The first kappa shape index (κ1) is 13.5. The van der Waals surface area contributed by atoms with Crippen LogP contribution in [0.1, 0.15) is 19.8 Å². The van der Waals surface area contributed by atoms with E-state index in [1.54, 1.807) is 4.90 Å². The van der Waals surface area contributed by atoms with Crippen LogP contribution in [-0.2, 0) is 9.53 Å². The van der Waals surface area contributed by atoms with Gasteiger partial charge in [-0.25, -0.2) is 0 Å². The van der Waals surface area contributed by atoms with E-state index in [-0.39, 0.29) is 12.5 Å². The number of ether oxygens (including phenoxy) is 1. The van der Waals surface area contributed by atoms with Gasteiger partial charge >= 0.3 is 0 Å². The zero-order valence-electron chi connectivity index (χ0n) is 10.7. The number of nitrogens with zero attached hydrogens (tertiary/aromatic N) is 2. The number of carbonyl (C=O) groups is 1. The summed E-state index contributed by atoms with van der Waals surface area (Å²) in [5.41, 5.74) is 0. The van der Waals surface area contributed by atoms with E-state index in [1.165, 1.54) is 19.4 Å². The number of carbonyl (C=O) groups excluding carboxylic acids is 1. The number of rotatable bonds is 5. The third-order valence-corrected chi connectivity index (χ3v) is 3.11. The topological polar surface area (TPSA) is 32.8 Å². The third kappa shape index (κ3) is 4.49. The lowest BCUT2D eigenvalue weighted by Gasteiger charge is -2.32. The molecule has 4 nitrogen and oxygen atoms in total. The molecule has 1 amide bonds. The highest BCUT2D eigenvalue weighted by Gasteiger charge is 2.20. The smallest absolute Gasteiger partial charge is 0.248 e. The molecule has 1 rings (SSSR count). The number of hydrogen-bond donors (Lipinski definition) is 0. The second-order valence-corrected chi connectivity index (χ2v) is 4.68. The molecular weight excluding hydrogens is 204 g/mol. The van der Waals surface area contributed by atoms with E-state index < -0.39 is 0 Å². The Morgan fingerprint density at radius 3 is 2.94 bits per heavy atom. The van der Waals surface area contributed by atoms with E-state index in [2.05, 4.69) is 11.9 Å². The van der Waals surface area contributed by atoms with E-state index in [4.69, 9.17) is 4.74 Å². The van der Waals surface area contributed by atoms with Crippen LogP contribution in [0.5, 0.6) is 0 Å². The lowest BCUT2D eigenvalue weighted by Crippen LogP contribution is -2.41. The zero-order chi connectivity index (χ0) is 12.0. The average molecular weight is 228 g/mol. The molecule has 0 unspecified atom stereocenters. The zero-order valence-corrected chi connectivity index (χ0v) is 10.7. The normalized spacial score (nSPS) is 22.1. The highest BCUT2D eigenvalue weighted by Crippen LogP contribution is 2.15. The van der Waals surface area contributed by atoms with Crippen molar-refractivity contribution in [1.82, 2.24) is 9.80 Å². The molecule has 1 heterocycles. The van der Waals surface area contributed by atoms with Crippen molar-refractivity contribution in [1.29, 1.82) is 0 Å². The molecule has 0 saturated carbocycles. The van der Waals surface area contributed by atoms with Crippen LogP contribution in [-0.4, -0.2) is 62.7 Å². The van der Waals surface area contributed by atoms with Gasteiger partial charge in [0.2, 0.25) is 5.91 Å².